The van der Waals surface area contributed by atoms with Crippen LogP contribution in [-0.2, 0) is 11.2 Å². The molecular weight excluding hydrogens is 307 g/mol. The Labute approximate surface area is 129 Å². The molecule has 106 valence electrons. The van der Waals surface area contributed by atoms with E-state index in [0.29, 0.717) is 16.5 Å². The largest absolute Gasteiger partial charge is 0.352 e. The molecule has 1 fully saturated rings. The van der Waals surface area contributed by atoms with Crippen LogP contribution in [0.25, 0.3) is 0 Å². The van der Waals surface area contributed by atoms with Crippen LogP contribution >= 0.6 is 35.6 Å². The average Bonchev–Trinajstić information content (AvgIpc) is 2.34. The van der Waals surface area contributed by atoms with E-state index >= 15 is 0 Å². The molecule has 0 saturated carbocycles. The second kappa shape index (κ2) is 7.95. The van der Waals surface area contributed by atoms with Gasteiger partial charge in [-0.3, -0.25) is 4.79 Å². The fourth-order valence-electron chi connectivity index (χ4n) is 2.09. The van der Waals surface area contributed by atoms with Gasteiger partial charge in [-0.15, -0.1) is 12.4 Å². The first-order chi connectivity index (χ1) is 8.65. The van der Waals surface area contributed by atoms with Gasteiger partial charge in [0.05, 0.1) is 6.42 Å². The smallest absolute Gasteiger partial charge is 0.224 e. The topological polar surface area (TPSA) is 41.1 Å². The van der Waals surface area contributed by atoms with Gasteiger partial charge in [-0.1, -0.05) is 29.3 Å². The van der Waals surface area contributed by atoms with Crippen molar-refractivity contribution in [3.8, 4) is 0 Å². The second-order valence-electron chi connectivity index (χ2n) is 4.52. The number of benzene rings is 1. The van der Waals surface area contributed by atoms with Gasteiger partial charge in [0, 0.05) is 22.6 Å². The van der Waals surface area contributed by atoms with Gasteiger partial charge in [0.15, 0.2) is 0 Å². The first-order valence-electron chi connectivity index (χ1n) is 6.09. The summed E-state index contributed by atoms with van der Waals surface area (Å²) in [6.45, 7) is 1.88. The van der Waals surface area contributed by atoms with E-state index in [-0.39, 0.29) is 24.4 Å². The lowest BCUT2D eigenvalue weighted by Crippen LogP contribution is -2.46. The number of carbonyl (C=O) groups excluding carboxylic acids is 1. The molecular formula is C13H17Cl3N2O. The van der Waals surface area contributed by atoms with Crippen molar-refractivity contribution >= 4 is 41.5 Å². The van der Waals surface area contributed by atoms with Crippen LogP contribution in [-0.4, -0.2) is 25.0 Å². The van der Waals surface area contributed by atoms with Crippen LogP contribution in [0.4, 0.5) is 0 Å². The minimum absolute atomic E-state index is 0. The maximum atomic E-state index is 11.9. The molecule has 1 atom stereocenters. The van der Waals surface area contributed by atoms with Crippen LogP contribution in [0, 0.1) is 0 Å². The molecule has 1 aromatic carbocycles. The molecule has 1 saturated heterocycles. The third-order valence-electron chi connectivity index (χ3n) is 3.03. The van der Waals surface area contributed by atoms with E-state index in [1.165, 1.54) is 0 Å². The van der Waals surface area contributed by atoms with Gasteiger partial charge in [-0.25, -0.2) is 0 Å². The number of halogens is 3. The van der Waals surface area contributed by atoms with Gasteiger partial charge in [0.1, 0.15) is 0 Å². The molecule has 0 radical (unpaired) electrons. The van der Waals surface area contributed by atoms with E-state index in [9.17, 15) is 4.79 Å². The molecule has 0 unspecified atom stereocenters. The summed E-state index contributed by atoms with van der Waals surface area (Å²) in [4.78, 5) is 11.9. The molecule has 1 heterocycles. The maximum Gasteiger partial charge on any atom is 0.224 e. The molecule has 0 aliphatic carbocycles. The number of nitrogens with one attached hydrogen (secondary N) is 2. The molecule has 2 rings (SSSR count). The highest BCUT2D eigenvalue weighted by atomic mass is 35.5. The second-order valence-corrected chi connectivity index (χ2v) is 5.37. The number of amides is 1. The van der Waals surface area contributed by atoms with Crippen molar-refractivity contribution in [3.63, 3.8) is 0 Å². The molecule has 0 spiro atoms. The normalized spacial score (nSPS) is 18.5. The predicted octanol–water partition coefficient (Wildman–Crippen LogP) is 2.83. The van der Waals surface area contributed by atoms with Gasteiger partial charge >= 0.3 is 0 Å². The summed E-state index contributed by atoms with van der Waals surface area (Å²) in [7, 11) is 0. The first-order valence-corrected chi connectivity index (χ1v) is 6.85. The Balaban J connectivity index is 0.00000180. The highest BCUT2D eigenvalue weighted by Crippen LogP contribution is 2.21. The zero-order chi connectivity index (χ0) is 13.0. The Kier molecular flexibility index (Phi) is 6.94. The maximum absolute atomic E-state index is 11.9. The minimum atomic E-state index is 0. The molecule has 1 aromatic rings. The lowest BCUT2D eigenvalue weighted by Gasteiger charge is -2.23. The fraction of sp³-hybridized carbons (Fsp3) is 0.462. The lowest BCUT2D eigenvalue weighted by molar-refractivity contribution is -0.121. The number of carbonyl (C=O) groups is 1. The summed E-state index contributed by atoms with van der Waals surface area (Å²) in [5.74, 6) is 0.00734. The summed E-state index contributed by atoms with van der Waals surface area (Å²) in [6, 6.07) is 5.44. The fourth-order valence-corrected chi connectivity index (χ4v) is 2.57. The van der Waals surface area contributed by atoms with Crippen molar-refractivity contribution in [1.29, 1.82) is 0 Å². The molecule has 6 heteroatoms. The quantitative estimate of drug-likeness (QED) is 0.898. The van der Waals surface area contributed by atoms with E-state index in [1.54, 1.807) is 18.2 Å². The van der Waals surface area contributed by atoms with Crippen molar-refractivity contribution in [3.05, 3.63) is 33.8 Å². The van der Waals surface area contributed by atoms with Crippen LogP contribution in [0.15, 0.2) is 18.2 Å². The Hall–Kier alpha value is -0.480. The molecule has 3 nitrogen and oxygen atoms in total. The van der Waals surface area contributed by atoms with Gasteiger partial charge in [-0.2, -0.15) is 0 Å². The zero-order valence-corrected chi connectivity index (χ0v) is 12.7. The number of hydrogen-bond donors (Lipinski definition) is 2. The van der Waals surface area contributed by atoms with Gasteiger partial charge in [0.25, 0.3) is 0 Å². The standard InChI is InChI=1S/C13H16Cl2N2O.ClH/c14-10-4-3-9(12(15)7-10)6-13(18)17-11-2-1-5-16-8-11;/h3-4,7,11,16H,1-2,5-6,8H2,(H,17,18);1H/t11-;/m0./s1. The third kappa shape index (κ3) is 5.19. The Bertz CT molecular complexity index is 434. The average molecular weight is 324 g/mol. The van der Waals surface area contributed by atoms with E-state index in [2.05, 4.69) is 10.6 Å². The van der Waals surface area contributed by atoms with Crippen molar-refractivity contribution in [1.82, 2.24) is 10.6 Å². The van der Waals surface area contributed by atoms with Crippen molar-refractivity contribution in [2.75, 3.05) is 13.1 Å². The Morgan fingerprint density at radius 3 is 2.84 bits per heavy atom. The Morgan fingerprint density at radius 2 is 2.21 bits per heavy atom. The van der Waals surface area contributed by atoms with Crippen LogP contribution < -0.4 is 10.6 Å². The Morgan fingerprint density at radius 1 is 1.42 bits per heavy atom. The summed E-state index contributed by atoms with van der Waals surface area (Å²) >= 11 is 11.9. The summed E-state index contributed by atoms with van der Waals surface area (Å²) in [6.07, 6.45) is 2.44. The molecule has 0 aromatic heterocycles. The van der Waals surface area contributed by atoms with E-state index in [4.69, 9.17) is 23.2 Å². The van der Waals surface area contributed by atoms with Crippen molar-refractivity contribution in [2.24, 2.45) is 0 Å². The molecule has 19 heavy (non-hydrogen) atoms. The summed E-state index contributed by atoms with van der Waals surface area (Å²) < 4.78 is 0. The zero-order valence-electron chi connectivity index (χ0n) is 10.4. The molecule has 2 N–H and O–H groups in total. The predicted molar refractivity (Wildman–Crippen MR) is 81.4 cm³/mol. The van der Waals surface area contributed by atoms with Gasteiger partial charge in [-0.05, 0) is 37.1 Å². The number of rotatable bonds is 3. The SMILES string of the molecule is Cl.O=C(Cc1ccc(Cl)cc1Cl)N[C@H]1CCCNC1. The summed E-state index contributed by atoms with van der Waals surface area (Å²) in [5.41, 5.74) is 0.808. The van der Waals surface area contributed by atoms with Crippen LogP contribution in [0.5, 0.6) is 0 Å². The third-order valence-corrected chi connectivity index (χ3v) is 3.62. The highest BCUT2D eigenvalue weighted by Gasteiger charge is 2.16. The monoisotopic (exact) mass is 322 g/mol. The minimum Gasteiger partial charge on any atom is -0.352 e. The highest BCUT2D eigenvalue weighted by molar-refractivity contribution is 6.35. The van der Waals surface area contributed by atoms with Gasteiger partial charge < -0.3 is 10.6 Å². The van der Waals surface area contributed by atoms with E-state index < -0.39 is 0 Å². The van der Waals surface area contributed by atoms with Crippen molar-refractivity contribution < 1.29 is 4.79 Å². The van der Waals surface area contributed by atoms with Gasteiger partial charge in [0.2, 0.25) is 5.91 Å². The van der Waals surface area contributed by atoms with Crippen LogP contribution in [0.1, 0.15) is 18.4 Å². The van der Waals surface area contributed by atoms with E-state index in [0.717, 1.165) is 31.5 Å². The number of hydrogen-bond acceptors (Lipinski definition) is 2. The molecule has 1 aliphatic rings. The van der Waals surface area contributed by atoms with Crippen LogP contribution in [0.2, 0.25) is 10.0 Å². The lowest BCUT2D eigenvalue weighted by atomic mass is 10.1. The molecule has 0 bridgehead atoms. The van der Waals surface area contributed by atoms with E-state index in [1.807, 2.05) is 0 Å². The first kappa shape index (κ1) is 16.6. The van der Waals surface area contributed by atoms with Crippen molar-refractivity contribution in [2.45, 2.75) is 25.3 Å². The number of piperidine rings is 1. The summed E-state index contributed by atoms with van der Waals surface area (Å²) in [5, 5.41) is 7.41. The molecule has 1 amide bonds. The van der Waals surface area contributed by atoms with Crippen LogP contribution in [0.3, 0.4) is 0 Å². The molecule has 1 aliphatic heterocycles.